The first-order chi connectivity index (χ1) is 11.1. The number of rotatable bonds is 4. The number of anilines is 1. The molecule has 0 spiro atoms. The molecule has 2 N–H and O–H groups in total. The van der Waals surface area contributed by atoms with Crippen LogP contribution >= 0.6 is 11.6 Å². The number of aromatic nitrogens is 3. The summed E-state index contributed by atoms with van der Waals surface area (Å²) in [7, 11) is 0. The first-order valence-corrected chi connectivity index (χ1v) is 7.62. The van der Waals surface area contributed by atoms with Gasteiger partial charge in [0.2, 0.25) is 5.56 Å². The van der Waals surface area contributed by atoms with Gasteiger partial charge in [0, 0.05) is 34.6 Å². The van der Waals surface area contributed by atoms with Gasteiger partial charge in [-0.25, -0.2) is 4.68 Å². The summed E-state index contributed by atoms with van der Waals surface area (Å²) in [5, 5.41) is 8.04. The Bertz CT molecular complexity index is 929. The molecule has 0 bridgehead atoms. The molecule has 0 radical (unpaired) electrons. The molecule has 6 nitrogen and oxygen atoms in total. The lowest BCUT2D eigenvalue weighted by molar-refractivity contribution is 0.102. The van der Waals surface area contributed by atoms with Crippen molar-refractivity contribution < 1.29 is 4.79 Å². The molecule has 3 aromatic rings. The number of benzene rings is 1. The van der Waals surface area contributed by atoms with Crippen LogP contribution in [-0.4, -0.2) is 20.7 Å². The van der Waals surface area contributed by atoms with Gasteiger partial charge in [0.25, 0.3) is 5.91 Å². The quantitative estimate of drug-likeness (QED) is 0.771. The topological polar surface area (TPSA) is 79.8 Å². The van der Waals surface area contributed by atoms with Gasteiger partial charge in [-0.1, -0.05) is 18.5 Å². The molecule has 0 aliphatic heterocycles. The Kier molecular flexibility index (Phi) is 4.16. The van der Waals surface area contributed by atoms with Crippen molar-refractivity contribution in [1.82, 2.24) is 14.8 Å². The second kappa shape index (κ2) is 6.26. The number of H-pyrrole nitrogens is 1. The highest BCUT2D eigenvalue weighted by Crippen LogP contribution is 2.21. The minimum absolute atomic E-state index is 0.274. The summed E-state index contributed by atoms with van der Waals surface area (Å²) in [6, 6.07) is 7.99. The van der Waals surface area contributed by atoms with E-state index in [-0.39, 0.29) is 17.0 Å². The summed E-state index contributed by atoms with van der Waals surface area (Å²) in [4.78, 5) is 27.1. The van der Waals surface area contributed by atoms with Crippen molar-refractivity contribution in [3.8, 4) is 0 Å². The summed E-state index contributed by atoms with van der Waals surface area (Å²) >= 11 is 6.01. The lowest BCUT2D eigenvalue weighted by Gasteiger charge is -2.10. The highest BCUT2D eigenvalue weighted by Gasteiger charge is 2.14. The van der Waals surface area contributed by atoms with Crippen molar-refractivity contribution in [2.45, 2.75) is 19.9 Å². The van der Waals surface area contributed by atoms with E-state index < -0.39 is 0 Å². The molecule has 0 aliphatic carbocycles. The molecular weight excluding hydrogens is 316 g/mol. The van der Waals surface area contributed by atoms with E-state index in [1.807, 2.05) is 6.92 Å². The van der Waals surface area contributed by atoms with Crippen LogP contribution in [0.25, 0.3) is 10.9 Å². The van der Waals surface area contributed by atoms with Crippen molar-refractivity contribution in [2.24, 2.45) is 0 Å². The second-order valence-electron chi connectivity index (χ2n) is 5.13. The van der Waals surface area contributed by atoms with Crippen LogP contribution in [0.2, 0.25) is 5.02 Å². The smallest absolute Gasteiger partial charge is 0.257 e. The fourth-order valence-corrected chi connectivity index (χ4v) is 2.60. The van der Waals surface area contributed by atoms with Crippen LogP contribution in [-0.2, 0) is 6.54 Å². The molecule has 1 amide bonds. The molecule has 3 rings (SSSR count). The third kappa shape index (κ3) is 3.12. The third-order valence-corrected chi connectivity index (χ3v) is 3.68. The normalized spacial score (nSPS) is 10.9. The predicted molar refractivity (Wildman–Crippen MR) is 90.0 cm³/mol. The highest BCUT2D eigenvalue weighted by molar-refractivity contribution is 6.31. The summed E-state index contributed by atoms with van der Waals surface area (Å²) in [6.07, 6.45) is 2.52. The minimum atomic E-state index is -0.374. The summed E-state index contributed by atoms with van der Waals surface area (Å²) in [6.45, 7) is 2.73. The standard InChI is InChI=1S/C16H15ClN4O2/c1-2-7-21-14(5-6-18-21)20-16(23)12-9-15(22)19-13-4-3-10(17)8-11(12)13/h3-6,8-9H,2,7H2,1H3,(H,19,22)(H,20,23). The van der Waals surface area contributed by atoms with Crippen molar-refractivity contribution in [3.05, 3.63) is 57.5 Å². The van der Waals surface area contributed by atoms with E-state index >= 15 is 0 Å². The maximum atomic E-state index is 12.6. The largest absolute Gasteiger partial charge is 0.322 e. The summed E-state index contributed by atoms with van der Waals surface area (Å²) < 4.78 is 1.71. The SMILES string of the molecule is CCCn1nccc1NC(=O)c1cc(=O)[nH]c2ccc(Cl)cc12. The van der Waals surface area contributed by atoms with Gasteiger partial charge in [0.1, 0.15) is 5.82 Å². The molecule has 2 aromatic heterocycles. The van der Waals surface area contributed by atoms with Crippen molar-refractivity contribution in [1.29, 1.82) is 0 Å². The number of nitrogens with one attached hydrogen (secondary N) is 2. The first-order valence-electron chi connectivity index (χ1n) is 7.24. The number of fused-ring (bicyclic) bond motifs is 1. The number of nitrogens with zero attached hydrogens (tertiary/aromatic N) is 2. The van der Waals surface area contributed by atoms with Crippen molar-refractivity contribution >= 4 is 34.2 Å². The summed E-state index contributed by atoms with van der Waals surface area (Å²) in [5.41, 5.74) is 0.497. The van der Waals surface area contributed by atoms with Crippen LogP contribution < -0.4 is 10.9 Å². The van der Waals surface area contributed by atoms with Crippen molar-refractivity contribution in [2.75, 3.05) is 5.32 Å². The predicted octanol–water partition coefficient (Wildman–Crippen LogP) is 3.04. The molecule has 0 atom stereocenters. The summed E-state index contributed by atoms with van der Waals surface area (Å²) in [5.74, 6) is 0.216. The van der Waals surface area contributed by atoms with Crippen LogP contribution in [0.4, 0.5) is 5.82 Å². The van der Waals surface area contributed by atoms with Gasteiger partial charge in [0.15, 0.2) is 0 Å². The molecule has 2 heterocycles. The Morgan fingerprint density at radius 1 is 1.35 bits per heavy atom. The van der Waals surface area contributed by atoms with Crippen LogP contribution in [0.5, 0.6) is 0 Å². The molecule has 118 valence electrons. The number of hydrogen-bond donors (Lipinski definition) is 2. The molecule has 0 fully saturated rings. The zero-order valence-electron chi connectivity index (χ0n) is 12.5. The minimum Gasteiger partial charge on any atom is -0.322 e. The van der Waals surface area contributed by atoms with Crippen molar-refractivity contribution in [3.63, 3.8) is 0 Å². The van der Waals surface area contributed by atoms with E-state index in [1.165, 1.54) is 6.07 Å². The van der Waals surface area contributed by atoms with E-state index in [2.05, 4.69) is 15.4 Å². The number of amides is 1. The van der Waals surface area contributed by atoms with Gasteiger partial charge in [-0.05, 0) is 24.6 Å². The Labute approximate surface area is 137 Å². The second-order valence-corrected chi connectivity index (χ2v) is 5.57. The number of hydrogen-bond acceptors (Lipinski definition) is 3. The molecule has 0 unspecified atom stereocenters. The van der Waals surface area contributed by atoms with E-state index in [4.69, 9.17) is 11.6 Å². The maximum absolute atomic E-state index is 12.6. The van der Waals surface area contributed by atoms with Gasteiger partial charge in [-0.3, -0.25) is 9.59 Å². The molecule has 23 heavy (non-hydrogen) atoms. The number of carbonyl (C=O) groups excluding carboxylic acids is 1. The number of aryl methyl sites for hydroxylation is 1. The molecule has 1 aromatic carbocycles. The zero-order chi connectivity index (χ0) is 16.4. The Balaban J connectivity index is 2.02. The van der Waals surface area contributed by atoms with Gasteiger partial charge >= 0.3 is 0 Å². The van der Waals surface area contributed by atoms with Crippen LogP contribution in [0, 0.1) is 0 Å². The van der Waals surface area contributed by atoms with E-state index in [0.717, 1.165) is 6.42 Å². The monoisotopic (exact) mass is 330 g/mol. The number of halogens is 1. The molecule has 7 heteroatoms. The molecule has 0 saturated carbocycles. The van der Waals surface area contributed by atoms with Crippen LogP contribution in [0.15, 0.2) is 41.3 Å². The lowest BCUT2D eigenvalue weighted by Crippen LogP contribution is -2.19. The molecule has 0 aliphatic rings. The highest BCUT2D eigenvalue weighted by atomic mass is 35.5. The van der Waals surface area contributed by atoms with Gasteiger partial charge in [-0.2, -0.15) is 5.10 Å². The Morgan fingerprint density at radius 3 is 2.96 bits per heavy atom. The number of carbonyl (C=O) groups is 1. The lowest BCUT2D eigenvalue weighted by atomic mass is 10.1. The Hall–Kier alpha value is -2.60. The number of aromatic amines is 1. The number of pyridine rings is 1. The fourth-order valence-electron chi connectivity index (χ4n) is 2.43. The van der Waals surface area contributed by atoms with Crippen LogP contribution in [0.1, 0.15) is 23.7 Å². The average molecular weight is 331 g/mol. The van der Waals surface area contributed by atoms with Gasteiger partial charge < -0.3 is 10.3 Å². The van der Waals surface area contributed by atoms with Crippen LogP contribution in [0.3, 0.4) is 0 Å². The zero-order valence-corrected chi connectivity index (χ0v) is 13.2. The Morgan fingerprint density at radius 2 is 2.17 bits per heavy atom. The van der Waals surface area contributed by atoms with E-state index in [0.29, 0.717) is 28.3 Å². The third-order valence-electron chi connectivity index (χ3n) is 3.44. The molecular formula is C16H15ClN4O2. The average Bonchev–Trinajstić information content (AvgIpc) is 2.94. The van der Waals surface area contributed by atoms with Gasteiger partial charge in [-0.15, -0.1) is 0 Å². The van der Waals surface area contributed by atoms with E-state index in [1.54, 1.807) is 35.1 Å². The maximum Gasteiger partial charge on any atom is 0.257 e. The van der Waals surface area contributed by atoms with Gasteiger partial charge in [0.05, 0.1) is 11.8 Å². The fraction of sp³-hybridized carbons (Fsp3) is 0.188. The first kappa shape index (κ1) is 15.3. The molecule has 0 saturated heterocycles. The van der Waals surface area contributed by atoms with E-state index in [9.17, 15) is 9.59 Å².